The number of benzene rings is 6. The van der Waals surface area contributed by atoms with Crippen LogP contribution in [0.2, 0.25) is 0 Å². The van der Waals surface area contributed by atoms with E-state index in [0.717, 1.165) is 0 Å². The Morgan fingerprint density at radius 1 is 0.554 bits per heavy atom. The number of rotatable bonds is 3. The highest BCUT2D eigenvalue weighted by Gasteiger charge is 2.61. The van der Waals surface area contributed by atoms with Crippen LogP contribution >= 0.6 is 0 Å². The van der Waals surface area contributed by atoms with E-state index in [9.17, 15) is 0 Å². The van der Waals surface area contributed by atoms with Crippen molar-refractivity contribution < 1.29 is 0 Å². The third-order valence-corrected chi connectivity index (χ3v) is 14.3. The largest absolute Gasteiger partial charge is 0.335 e. The van der Waals surface area contributed by atoms with Crippen LogP contribution in [0.15, 0.2) is 121 Å². The SMILES string of the molecule is Cc1cc2c3c(c1)N1c4c(cc(-c5ccccc5)cc4C4(C)CCCCC14C)B3c1ccc(C(C)(C)C)cc1N2c1ccc(C(C)(C)C)cc1-c1ccccc1. The second-order valence-electron chi connectivity index (χ2n) is 19.8. The molecule has 0 N–H and O–H groups in total. The lowest BCUT2D eigenvalue weighted by Crippen LogP contribution is -2.64. The molecule has 2 atom stereocenters. The third kappa shape index (κ3) is 4.95. The number of aryl methyl sites for hydroxylation is 1. The van der Waals surface area contributed by atoms with E-state index in [1.54, 1.807) is 5.56 Å². The Kier molecular flexibility index (Phi) is 7.58. The normalized spacial score (nSPS) is 20.7. The van der Waals surface area contributed by atoms with E-state index in [2.05, 4.69) is 193 Å². The molecule has 6 aromatic rings. The minimum atomic E-state index is -0.0328. The topological polar surface area (TPSA) is 6.48 Å². The van der Waals surface area contributed by atoms with Gasteiger partial charge >= 0.3 is 0 Å². The van der Waals surface area contributed by atoms with E-state index < -0.39 is 0 Å². The molecule has 2 unspecified atom stereocenters. The molecule has 56 heavy (non-hydrogen) atoms. The molecule has 0 spiro atoms. The summed E-state index contributed by atoms with van der Waals surface area (Å²) in [5.74, 6) is 0. The van der Waals surface area contributed by atoms with Gasteiger partial charge < -0.3 is 9.80 Å². The molecule has 1 aliphatic carbocycles. The predicted octanol–water partition coefficient (Wildman–Crippen LogP) is 12.3. The van der Waals surface area contributed by atoms with Crippen LogP contribution < -0.4 is 26.2 Å². The molecule has 2 nitrogen and oxygen atoms in total. The van der Waals surface area contributed by atoms with Gasteiger partial charge in [-0.1, -0.05) is 146 Å². The Balaban J connectivity index is 1.33. The first kappa shape index (κ1) is 35.4. The second kappa shape index (κ2) is 12.0. The Morgan fingerprint density at radius 3 is 1.88 bits per heavy atom. The lowest BCUT2D eigenvalue weighted by molar-refractivity contribution is 0.195. The van der Waals surface area contributed by atoms with E-state index >= 15 is 0 Å². The van der Waals surface area contributed by atoms with Gasteiger partial charge in [0.2, 0.25) is 0 Å². The van der Waals surface area contributed by atoms with Gasteiger partial charge in [-0.3, -0.25) is 0 Å². The molecule has 0 radical (unpaired) electrons. The van der Waals surface area contributed by atoms with Crippen LogP contribution in [-0.2, 0) is 16.2 Å². The molecule has 4 aliphatic rings. The molecule has 3 heterocycles. The lowest BCUT2D eigenvalue weighted by Gasteiger charge is -2.53. The van der Waals surface area contributed by atoms with Crippen LogP contribution in [0.5, 0.6) is 0 Å². The number of nitrogens with zero attached hydrogens (tertiary/aromatic N) is 2. The monoisotopic (exact) mass is 730 g/mol. The fourth-order valence-corrected chi connectivity index (χ4v) is 11.0. The van der Waals surface area contributed by atoms with Crippen LogP contribution in [-0.4, -0.2) is 12.3 Å². The smallest absolute Gasteiger partial charge is 0.252 e. The van der Waals surface area contributed by atoms with E-state index in [0.29, 0.717) is 0 Å². The van der Waals surface area contributed by atoms with E-state index in [1.807, 2.05) is 0 Å². The van der Waals surface area contributed by atoms with Crippen molar-refractivity contribution in [1.29, 1.82) is 0 Å². The van der Waals surface area contributed by atoms with Crippen LogP contribution in [0.4, 0.5) is 28.4 Å². The summed E-state index contributed by atoms with van der Waals surface area (Å²) in [6.07, 6.45) is 4.94. The molecule has 10 rings (SSSR count). The van der Waals surface area contributed by atoms with Crippen molar-refractivity contribution in [3.05, 3.63) is 144 Å². The van der Waals surface area contributed by atoms with Gasteiger partial charge in [0, 0.05) is 33.7 Å². The maximum absolute atomic E-state index is 2.86. The molecule has 0 aromatic heterocycles. The molecule has 0 saturated heterocycles. The van der Waals surface area contributed by atoms with Gasteiger partial charge in [0.15, 0.2) is 0 Å². The first-order valence-electron chi connectivity index (χ1n) is 21.0. The van der Waals surface area contributed by atoms with Crippen molar-refractivity contribution in [3.8, 4) is 22.3 Å². The Bertz CT molecular complexity index is 2560. The highest BCUT2D eigenvalue weighted by atomic mass is 15.3. The zero-order valence-electron chi connectivity index (χ0n) is 34.8. The fraction of sp³-hybridized carbons (Fsp3) is 0.321. The number of hydrogen-bond acceptors (Lipinski definition) is 2. The lowest BCUT2D eigenvalue weighted by atomic mass is 9.33. The molecular formula is C53H55BN2. The number of hydrogen-bond donors (Lipinski definition) is 0. The van der Waals surface area contributed by atoms with Crippen LogP contribution in [0.25, 0.3) is 22.3 Å². The Labute approximate surface area is 335 Å². The van der Waals surface area contributed by atoms with Crippen molar-refractivity contribution in [1.82, 2.24) is 0 Å². The molecule has 3 aliphatic heterocycles. The van der Waals surface area contributed by atoms with E-state index in [-0.39, 0.29) is 28.5 Å². The van der Waals surface area contributed by atoms with Gasteiger partial charge in [-0.2, -0.15) is 0 Å². The molecule has 1 saturated carbocycles. The second-order valence-corrected chi connectivity index (χ2v) is 19.8. The van der Waals surface area contributed by atoms with E-state index in [4.69, 9.17) is 0 Å². The molecule has 1 fully saturated rings. The van der Waals surface area contributed by atoms with Gasteiger partial charge in [0.1, 0.15) is 0 Å². The van der Waals surface area contributed by atoms with Gasteiger partial charge in [0.25, 0.3) is 6.71 Å². The summed E-state index contributed by atoms with van der Waals surface area (Å²) in [5.41, 5.74) is 21.8. The Morgan fingerprint density at radius 2 is 1.18 bits per heavy atom. The summed E-state index contributed by atoms with van der Waals surface area (Å²) < 4.78 is 0. The first-order valence-corrected chi connectivity index (χ1v) is 21.0. The molecular weight excluding hydrogens is 675 g/mol. The summed E-state index contributed by atoms with van der Waals surface area (Å²) in [6, 6.07) is 47.1. The van der Waals surface area contributed by atoms with Crippen molar-refractivity contribution >= 4 is 51.5 Å². The maximum Gasteiger partial charge on any atom is 0.252 e. The predicted molar refractivity (Wildman–Crippen MR) is 242 cm³/mol. The summed E-state index contributed by atoms with van der Waals surface area (Å²) in [5, 5.41) is 0. The average molecular weight is 731 g/mol. The highest BCUT2D eigenvalue weighted by molar-refractivity contribution is 7.00. The van der Waals surface area contributed by atoms with Gasteiger partial charge in [-0.25, -0.2) is 0 Å². The minimum Gasteiger partial charge on any atom is -0.335 e. The fourth-order valence-electron chi connectivity index (χ4n) is 11.0. The van der Waals surface area contributed by atoms with Gasteiger partial charge in [0.05, 0.1) is 11.2 Å². The summed E-state index contributed by atoms with van der Waals surface area (Å²) in [7, 11) is 0. The summed E-state index contributed by atoms with van der Waals surface area (Å²) in [6.45, 7) is 21.7. The maximum atomic E-state index is 2.86. The molecule has 6 aromatic carbocycles. The third-order valence-electron chi connectivity index (χ3n) is 14.3. The van der Waals surface area contributed by atoms with Crippen LogP contribution in [0, 0.1) is 6.92 Å². The van der Waals surface area contributed by atoms with E-state index in [1.165, 1.54) is 109 Å². The minimum absolute atomic E-state index is 0.00614. The van der Waals surface area contributed by atoms with Crippen molar-refractivity contribution in [3.63, 3.8) is 0 Å². The Hall–Kier alpha value is -5.02. The van der Waals surface area contributed by atoms with Crippen molar-refractivity contribution in [2.45, 2.75) is 110 Å². The van der Waals surface area contributed by atoms with Crippen molar-refractivity contribution in [2.24, 2.45) is 0 Å². The summed E-state index contributed by atoms with van der Waals surface area (Å²) in [4.78, 5) is 5.52. The molecule has 3 heteroatoms. The van der Waals surface area contributed by atoms with Gasteiger partial charge in [-0.15, -0.1) is 0 Å². The zero-order valence-corrected chi connectivity index (χ0v) is 34.8. The number of anilines is 5. The first-order chi connectivity index (χ1) is 26.7. The molecule has 0 bridgehead atoms. The molecule has 0 amide bonds. The average Bonchev–Trinajstić information content (AvgIpc) is 3.39. The number of fused-ring (bicyclic) bond motifs is 7. The standard InChI is InChI=1S/C53H55BN2/c1-34-28-46-48-47(29-34)56-49-41(52(8)26-16-17-27-53(52,56)9)30-37(35-18-12-10-13-19-35)31-43(49)54(48)42-24-22-39(51(5,6)7)33-45(42)55(46)44-25-23-38(50(2,3)4)32-40(44)36-20-14-11-15-21-36/h10-15,18-25,28-33H,16-17,26-27H2,1-9H3. The zero-order chi connectivity index (χ0) is 38.9. The van der Waals surface area contributed by atoms with Gasteiger partial charge in [-0.05, 0) is 129 Å². The summed E-state index contributed by atoms with van der Waals surface area (Å²) >= 11 is 0. The van der Waals surface area contributed by atoms with Crippen LogP contribution in [0.1, 0.15) is 103 Å². The van der Waals surface area contributed by atoms with Crippen molar-refractivity contribution in [2.75, 3.05) is 9.80 Å². The highest BCUT2D eigenvalue weighted by Crippen LogP contribution is 2.62. The van der Waals surface area contributed by atoms with Crippen LogP contribution in [0.3, 0.4) is 0 Å². The molecule has 280 valence electrons. The quantitative estimate of drug-likeness (QED) is 0.167.